The van der Waals surface area contributed by atoms with Gasteiger partial charge in [-0.15, -0.1) is 0 Å². The molecule has 1 aliphatic heterocycles. The summed E-state index contributed by atoms with van der Waals surface area (Å²) in [7, 11) is 1.24. The van der Waals surface area contributed by atoms with Gasteiger partial charge < -0.3 is 19.5 Å². The summed E-state index contributed by atoms with van der Waals surface area (Å²) in [6, 6.07) is 2.67. The zero-order valence-corrected chi connectivity index (χ0v) is 14.7. The third kappa shape index (κ3) is 4.11. The van der Waals surface area contributed by atoms with Crippen LogP contribution in [0.15, 0.2) is 18.2 Å². The fourth-order valence-corrected chi connectivity index (χ4v) is 2.66. The number of nitro benzene ring substituents is 1. The number of hydrogen-bond acceptors (Lipinski definition) is 7. The molecule has 2 rings (SSSR count). The Morgan fingerprint density at radius 3 is 2.62 bits per heavy atom. The molecule has 1 N–H and O–H groups in total. The van der Waals surface area contributed by atoms with E-state index < -0.39 is 22.3 Å². The molecule has 1 atom stereocenters. The average Bonchev–Trinajstić information content (AvgIpc) is 3.05. The molecule has 0 fully saturated rings. The van der Waals surface area contributed by atoms with Crippen molar-refractivity contribution in [3.05, 3.63) is 33.9 Å². The summed E-state index contributed by atoms with van der Waals surface area (Å²) in [5.41, 5.74) is -1.21. The van der Waals surface area contributed by atoms with Gasteiger partial charge in [0.25, 0.3) is 5.69 Å². The lowest BCUT2D eigenvalue weighted by atomic mass is 9.96. The largest absolute Gasteiger partial charge is 0.467 e. The minimum Gasteiger partial charge on any atom is -0.467 e. The Kier molecular flexibility index (Phi) is 5.81. The van der Waals surface area contributed by atoms with Crippen LogP contribution in [0.25, 0.3) is 6.08 Å². The van der Waals surface area contributed by atoms with E-state index in [4.69, 9.17) is 14.2 Å². The second-order valence-electron chi connectivity index (χ2n) is 5.92. The van der Waals surface area contributed by atoms with Crippen LogP contribution in [-0.4, -0.2) is 36.2 Å². The molecule has 1 unspecified atom stereocenters. The molecule has 1 aromatic rings. The van der Waals surface area contributed by atoms with Crippen LogP contribution >= 0.6 is 0 Å². The molecule has 26 heavy (non-hydrogen) atoms. The van der Waals surface area contributed by atoms with E-state index in [9.17, 15) is 19.7 Å². The fraction of sp³-hybridized carbons (Fsp3) is 0.412. The van der Waals surface area contributed by atoms with Crippen molar-refractivity contribution in [2.75, 3.05) is 13.9 Å². The van der Waals surface area contributed by atoms with Gasteiger partial charge in [0.1, 0.15) is 5.54 Å². The molecule has 0 saturated heterocycles. The molecule has 0 radical (unpaired) electrons. The highest BCUT2D eigenvalue weighted by molar-refractivity contribution is 5.96. The predicted octanol–water partition coefficient (Wildman–Crippen LogP) is 2.18. The highest BCUT2D eigenvalue weighted by Gasteiger charge is 2.34. The van der Waals surface area contributed by atoms with Crippen molar-refractivity contribution in [1.82, 2.24) is 5.32 Å². The SMILES string of the molecule is CCCC(C)(NC(=O)/C=C/c1cc2c(cc1[N+](=O)[O-])OCO2)C(=O)OC. The van der Waals surface area contributed by atoms with Gasteiger partial charge in [0.05, 0.1) is 23.7 Å². The van der Waals surface area contributed by atoms with Gasteiger partial charge in [-0.3, -0.25) is 14.9 Å². The number of nitrogens with zero attached hydrogens (tertiary/aromatic N) is 1. The van der Waals surface area contributed by atoms with E-state index in [0.717, 1.165) is 6.08 Å². The number of benzene rings is 1. The maximum atomic E-state index is 12.2. The quantitative estimate of drug-likeness (QED) is 0.341. The number of fused-ring (bicyclic) bond motifs is 1. The van der Waals surface area contributed by atoms with Crippen LogP contribution in [0, 0.1) is 10.1 Å². The van der Waals surface area contributed by atoms with Gasteiger partial charge in [0.2, 0.25) is 12.7 Å². The molecule has 0 spiro atoms. The highest BCUT2D eigenvalue weighted by atomic mass is 16.7. The van der Waals surface area contributed by atoms with E-state index in [-0.39, 0.29) is 23.8 Å². The molecule has 9 nitrogen and oxygen atoms in total. The van der Waals surface area contributed by atoms with E-state index in [1.807, 2.05) is 6.92 Å². The number of rotatable bonds is 7. The minimum atomic E-state index is -1.17. The maximum absolute atomic E-state index is 12.2. The monoisotopic (exact) mass is 364 g/mol. The normalized spacial score (nSPS) is 14.7. The lowest BCUT2D eigenvalue weighted by Crippen LogP contribution is -2.52. The second-order valence-corrected chi connectivity index (χ2v) is 5.92. The highest BCUT2D eigenvalue weighted by Crippen LogP contribution is 2.38. The maximum Gasteiger partial charge on any atom is 0.331 e. The molecule has 1 aromatic carbocycles. The summed E-state index contributed by atoms with van der Waals surface area (Å²) in [5.74, 6) is -0.492. The van der Waals surface area contributed by atoms with Crippen LogP contribution < -0.4 is 14.8 Å². The van der Waals surface area contributed by atoms with E-state index in [0.29, 0.717) is 18.6 Å². The summed E-state index contributed by atoms with van der Waals surface area (Å²) in [4.78, 5) is 34.8. The van der Waals surface area contributed by atoms with E-state index in [1.54, 1.807) is 6.92 Å². The zero-order valence-electron chi connectivity index (χ0n) is 14.7. The standard InChI is InChI=1S/C17H20N2O7/c1-4-7-17(2,16(21)24-3)18-15(20)6-5-11-8-13-14(26-10-25-13)9-12(11)19(22)23/h5-6,8-9H,4,7,10H2,1-3H3,(H,18,20)/b6-5+. The number of esters is 1. The molecular weight excluding hydrogens is 344 g/mol. The number of nitrogens with one attached hydrogen (secondary N) is 1. The van der Waals surface area contributed by atoms with E-state index in [2.05, 4.69) is 5.32 Å². The topological polar surface area (TPSA) is 117 Å². The molecule has 0 saturated carbocycles. The van der Waals surface area contributed by atoms with E-state index >= 15 is 0 Å². The van der Waals surface area contributed by atoms with Crippen LogP contribution in [0.5, 0.6) is 11.5 Å². The summed E-state index contributed by atoms with van der Waals surface area (Å²) >= 11 is 0. The molecule has 1 heterocycles. The Labute approximate surface area is 150 Å². The second kappa shape index (κ2) is 7.85. The predicted molar refractivity (Wildman–Crippen MR) is 91.7 cm³/mol. The fourth-order valence-electron chi connectivity index (χ4n) is 2.66. The molecule has 0 bridgehead atoms. The number of hydrogen-bond donors (Lipinski definition) is 1. The van der Waals surface area contributed by atoms with Crippen molar-refractivity contribution >= 4 is 23.6 Å². The first-order valence-corrected chi connectivity index (χ1v) is 7.97. The third-order valence-electron chi connectivity index (χ3n) is 3.92. The Hall–Kier alpha value is -3.10. The summed E-state index contributed by atoms with van der Waals surface area (Å²) in [5, 5.41) is 13.8. The Morgan fingerprint density at radius 2 is 2.04 bits per heavy atom. The minimum absolute atomic E-state index is 0.0192. The van der Waals surface area contributed by atoms with Gasteiger partial charge in [-0.1, -0.05) is 13.3 Å². The Balaban J connectivity index is 2.22. The summed E-state index contributed by atoms with van der Waals surface area (Å²) in [6.07, 6.45) is 3.47. The molecule has 0 aliphatic carbocycles. The molecule has 9 heteroatoms. The first-order valence-electron chi connectivity index (χ1n) is 7.97. The lowest BCUT2D eigenvalue weighted by Gasteiger charge is -2.26. The number of amides is 1. The van der Waals surface area contributed by atoms with Crippen molar-refractivity contribution < 1.29 is 28.7 Å². The third-order valence-corrected chi connectivity index (χ3v) is 3.92. The first-order chi connectivity index (χ1) is 12.3. The first kappa shape index (κ1) is 19.2. The van der Waals surface area contributed by atoms with E-state index in [1.165, 1.54) is 25.3 Å². The number of ether oxygens (including phenoxy) is 3. The van der Waals surface area contributed by atoms with Gasteiger partial charge in [0.15, 0.2) is 11.5 Å². The van der Waals surface area contributed by atoms with Gasteiger partial charge in [-0.2, -0.15) is 0 Å². The molecule has 140 valence electrons. The van der Waals surface area contributed by atoms with Gasteiger partial charge in [-0.25, -0.2) is 4.79 Å². The summed E-state index contributed by atoms with van der Waals surface area (Å²) in [6.45, 7) is 3.42. The van der Waals surface area contributed by atoms with Crippen LogP contribution in [0.3, 0.4) is 0 Å². The van der Waals surface area contributed by atoms with Crippen molar-refractivity contribution in [2.24, 2.45) is 0 Å². The van der Waals surface area contributed by atoms with Gasteiger partial charge >= 0.3 is 5.97 Å². The number of carbonyl (C=O) groups is 2. The lowest BCUT2D eigenvalue weighted by molar-refractivity contribution is -0.385. The van der Waals surface area contributed by atoms with Crippen molar-refractivity contribution in [3.63, 3.8) is 0 Å². The average molecular weight is 364 g/mol. The van der Waals surface area contributed by atoms with Crippen LogP contribution in [0.1, 0.15) is 32.3 Å². The van der Waals surface area contributed by atoms with Crippen LogP contribution in [0.4, 0.5) is 5.69 Å². The number of carbonyl (C=O) groups excluding carboxylic acids is 2. The number of methoxy groups -OCH3 is 1. The molecule has 1 amide bonds. The molecule has 0 aromatic heterocycles. The Morgan fingerprint density at radius 1 is 1.38 bits per heavy atom. The summed E-state index contributed by atoms with van der Waals surface area (Å²) < 4.78 is 15.1. The van der Waals surface area contributed by atoms with Crippen molar-refractivity contribution in [3.8, 4) is 11.5 Å². The smallest absolute Gasteiger partial charge is 0.331 e. The van der Waals surface area contributed by atoms with Crippen molar-refractivity contribution in [2.45, 2.75) is 32.2 Å². The van der Waals surface area contributed by atoms with Crippen molar-refractivity contribution in [1.29, 1.82) is 0 Å². The van der Waals surface area contributed by atoms with Crippen LogP contribution in [0.2, 0.25) is 0 Å². The molecular formula is C17H20N2O7. The molecule has 1 aliphatic rings. The zero-order chi connectivity index (χ0) is 19.3. The number of nitro groups is 1. The van der Waals surface area contributed by atoms with Gasteiger partial charge in [-0.05, 0) is 25.5 Å². The Bertz CT molecular complexity index is 760. The van der Waals surface area contributed by atoms with Gasteiger partial charge in [0, 0.05) is 6.08 Å². The van der Waals surface area contributed by atoms with Crippen LogP contribution in [-0.2, 0) is 14.3 Å².